The molecule has 0 bridgehead atoms. The molecule has 2 aromatic rings. The first-order chi connectivity index (χ1) is 9.15. The van der Waals surface area contributed by atoms with E-state index in [0.29, 0.717) is 6.54 Å². The molecule has 4 N–H and O–H groups in total. The van der Waals surface area contributed by atoms with Crippen LogP contribution in [0.3, 0.4) is 0 Å². The molecule has 0 aliphatic rings. The highest BCUT2D eigenvalue weighted by Crippen LogP contribution is 2.22. The van der Waals surface area contributed by atoms with E-state index >= 15 is 0 Å². The van der Waals surface area contributed by atoms with Crippen molar-refractivity contribution in [3.63, 3.8) is 0 Å². The van der Waals surface area contributed by atoms with Gasteiger partial charge in [0.2, 0.25) is 0 Å². The number of hydrogen-bond acceptors (Lipinski definition) is 4. The smallest absolute Gasteiger partial charge is 0.148 e. The minimum absolute atomic E-state index is 0.0717. The second-order valence-electron chi connectivity index (χ2n) is 4.51. The van der Waals surface area contributed by atoms with Crippen LogP contribution in [0, 0.1) is 0 Å². The largest absolute Gasteiger partial charge is 0.394 e. The zero-order chi connectivity index (χ0) is 13.8. The zero-order valence-corrected chi connectivity index (χ0v) is 11.3. The van der Waals surface area contributed by atoms with Crippen LogP contribution >= 0.6 is 0 Å². The van der Waals surface area contributed by atoms with E-state index in [9.17, 15) is 0 Å². The van der Waals surface area contributed by atoms with E-state index in [1.165, 1.54) is 0 Å². The van der Waals surface area contributed by atoms with E-state index in [0.717, 1.165) is 34.7 Å². The van der Waals surface area contributed by atoms with Crippen LogP contribution < -0.4 is 11.1 Å². The van der Waals surface area contributed by atoms with Gasteiger partial charge in [0.15, 0.2) is 0 Å². The molecule has 0 saturated heterocycles. The Hall–Kier alpha value is -2.01. The van der Waals surface area contributed by atoms with Gasteiger partial charge >= 0.3 is 0 Å². The Bertz CT molecular complexity index is 545. The van der Waals surface area contributed by atoms with Gasteiger partial charge in [-0.1, -0.05) is 31.2 Å². The van der Waals surface area contributed by atoms with E-state index < -0.39 is 0 Å². The minimum Gasteiger partial charge on any atom is -0.394 e. The summed E-state index contributed by atoms with van der Waals surface area (Å²) in [6.07, 6.45) is 0.826. The van der Waals surface area contributed by atoms with Gasteiger partial charge in [-0.2, -0.15) is 5.10 Å². The first-order valence-corrected chi connectivity index (χ1v) is 6.39. The molecule has 0 fully saturated rings. The minimum atomic E-state index is 0.0717. The van der Waals surface area contributed by atoms with E-state index in [2.05, 4.69) is 10.4 Å². The molecule has 0 radical (unpaired) electrons. The van der Waals surface area contributed by atoms with Crippen molar-refractivity contribution in [3.05, 3.63) is 41.1 Å². The van der Waals surface area contributed by atoms with Crippen molar-refractivity contribution >= 4 is 11.5 Å². The number of nitrogen functional groups attached to an aromatic ring is 1. The summed E-state index contributed by atoms with van der Waals surface area (Å²) in [5, 5.41) is 16.7. The number of aliphatic hydroxyl groups excluding tert-OH is 1. The lowest BCUT2D eigenvalue weighted by Gasteiger charge is -2.08. The molecule has 0 spiro atoms. The Kier molecular flexibility index (Phi) is 4.06. The van der Waals surface area contributed by atoms with E-state index in [1.807, 2.05) is 38.2 Å². The number of rotatable bonds is 5. The Morgan fingerprint density at radius 2 is 1.89 bits per heavy atom. The molecule has 0 atom stereocenters. The highest BCUT2D eigenvalue weighted by Gasteiger charge is 2.11. The second-order valence-corrected chi connectivity index (χ2v) is 4.51. The number of aliphatic hydroxyl groups is 1. The summed E-state index contributed by atoms with van der Waals surface area (Å²) in [5.41, 5.74) is 9.73. The molecule has 0 amide bonds. The second kappa shape index (κ2) is 5.75. The number of aryl methyl sites for hydroxylation is 2. The maximum absolute atomic E-state index is 9.00. The highest BCUT2D eigenvalue weighted by molar-refractivity contribution is 5.65. The molecule has 19 heavy (non-hydrogen) atoms. The fourth-order valence-electron chi connectivity index (χ4n) is 2.02. The first kappa shape index (κ1) is 13.4. The van der Waals surface area contributed by atoms with Crippen molar-refractivity contribution in [2.45, 2.75) is 26.5 Å². The molecule has 102 valence electrons. The topological polar surface area (TPSA) is 76.1 Å². The van der Waals surface area contributed by atoms with Crippen LogP contribution in [-0.2, 0) is 26.6 Å². The lowest BCUT2D eigenvalue weighted by atomic mass is 10.1. The molecule has 1 aromatic heterocycles. The average molecular weight is 260 g/mol. The fourth-order valence-corrected chi connectivity index (χ4v) is 2.02. The first-order valence-electron chi connectivity index (χ1n) is 6.39. The number of anilines is 2. The molecule has 5 heteroatoms. The third-order valence-electron chi connectivity index (χ3n) is 3.16. The summed E-state index contributed by atoms with van der Waals surface area (Å²) in [6.45, 7) is 2.79. The van der Waals surface area contributed by atoms with E-state index in [1.54, 1.807) is 4.68 Å². The van der Waals surface area contributed by atoms with Gasteiger partial charge in [0.1, 0.15) is 5.82 Å². The summed E-state index contributed by atoms with van der Waals surface area (Å²) in [7, 11) is 1.88. The number of nitrogens with two attached hydrogens (primary N) is 1. The average Bonchev–Trinajstić information content (AvgIpc) is 2.72. The van der Waals surface area contributed by atoms with Crippen LogP contribution in [0.5, 0.6) is 0 Å². The van der Waals surface area contributed by atoms with E-state index in [4.69, 9.17) is 10.8 Å². The van der Waals surface area contributed by atoms with Gasteiger partial charge in [0.05, 0.1) is 18.0 Å². The van der Waals surface area contributed by atoms with Gasteiger partial charge in [-0.3, -0.25) is 4.68 Å². The summed E-state index contributed by atoms with van der Waals surface area (Å²) in [4.78, 5) is 0. The lowest BCUT2D eigenvalue weighted by molar-refractivity contribution is 0.282. The summed E-state index contributed by atoms with van der Waals surface area (Å²) in [6, 6.07) is 7.82. The number of nitrogens with zero attached hydrogens (tertiary/aromatic N) is 2. The van der Waals surface area contributed by atoms with Gasteiger partial charge in [-0.25, -0.2) is 0 Å². The summed E-state index contributed by atoms with van der Waals surface area (Å²) < 4.78 is 1.77. The van der Waals surface area contributed by atoms with Crippen LogP contribution in [0.15, 0.2) is 24.3 Å². The van der Waals surface area contributed by atoms with Crippen LogP contribution in [0.4, 0.5) is 11.5 Å². The van der Waals surface area contributed by atoms with Crippen LogP contribution in [0.25, 0.3) is 0 Å². The molecule has 1 heterocycles. The normalized spacial score (nSPS) is 10.7. The third kappa shape index (κ3) is 2.88. The molecular weight excluding hydrogens is 240 g/mol. The Balaban J connectivity index is 2.07. The Morgan fingerprint density at radius 1 is 1.26 bits per heavy atom. The number of benzene rings is 1. The van der Waals surface area contributed by atoms with Crippen molar-refractivity contribution in [2.75, 3.05) is 11.1 Å². The number of aromatic nitrogens is 2. The van der Waals surface area contributed by atoms with Crippen molar-refractivity contribution in [2.24, 2.45) is 7.05 Å². The molecule has 1 aromatic carbocycles. The SMILES string of the molecule is CCc1nn(C)c(NCc2ccc(CO)cc2)c1N. The molecule has 0 unspecified atom stereocenters. The van der Waals surface area contributed by atoms with Crippen LogP contribution in [0.1, 0.15) is 23.7 Å². The molecule has 5 nitrogen and oxygen atoms in total. The van der Waals surface area contributed by atoms with Crippen molar-refractivity contribution in [3.8, 4) is 0 Å². The number of hydrogen-bond donors (Lipinski definition) is 3. The van der Waals surface area contributed by atoms with E-state index in [-0.39, 0.29) is 6.61 Å². The van der Waals surface area contributed by atoms with Crippen LogP contribution in [-0.4, -0.2) is 14.9 Å². The maximum atomic E-state index is 9.00. The fraction of sp³-hybridized carbons (Fsp3) is 0.357. The highest BCUT2D eigenvalue weighted by atomic mass is 16.3. The maximum Gasteiger partial charge on any atom is 0.148 e. The monoisotopic (exact) mass is 260 g/mol. The van der Waals surface area contributed by atoms with Gasteiger partial charge < -0.3 is 16.2 Å². The standard InChI is InChI=1S/C14H20N4O/c1-3-12-13(15)14(18(2)17-12)16-8-10-4-6-11(9-19)7-5-10/h4-7,16,19H,3,8-9,15H2,1-2H3. The molecule has 0 aliphatic carbocycles. The zero-order valence-electron chi connectivity index (χ0n) is 11.3. The molecule has 0 saturated carbocycles. The third-order valence-corrected chi connectivity index (χ3v) is 3.16. The van der Waals surface area contributed by atoms with Gasteiger partial charge in [-0.05, 0) is 17.5 Å². The Morgan fingerprint density at radius 3 is 2.42 bits per heavy atom. The van der Waals surface area contributed by atoms with Gasteiger partial charge in [-0.15, -0.1) is 0 Å². The predicted molar refractivity (Wildman–Crippen MR) is 76.7 cm³/mol. The molecule has 0 aliphatic heterocycles. The van der Waals surface area contributed by atoms with Crippen molar-refractivity contribution in [1.82, 2.24) is 9.78 Å². The molecule has 2 rings (SSSR count). The summed E-state index contributed by atoms with van der Waals surface area (Å²) in [5.74, 6) is 0.850. The Labute approximate surface area is 113 Å². The van der Waals surface area contributed by atoms with Crippen LogP contribution in [0.2, 0.25) is 0 Å². The van der Waals surface area contributed by atoms with Crippen molar-refractivity contribution < 1.29 is 5.11 Å². The quantitative estimate of drug-likeness (QED) is 0.764. The summed E-state index contributed by atoms with van der Waals surface area (Å²) >= 11 is 0. The predicted octanol–water partition coefficient (Wildman–Crippen LogP) is 1.67. The van der Waals surface area contributed by atoms with Gasteiger partial charge in [0.25, 0.3) is 0 Å². The lowest BCUT2D eigenvalue weighted by Crippen LogP contribution is -2.06. The number of nitrogens with one attached hydrogen (secondary N) is 1. The molecular formula is C14H20N4O. The van der Waals surface area contributed by atoms with Gasteiger partial charge in [0, 0.05) is 13.6 Å². The van der Waals surface area contributed by atoms with Crippen molar-refractivity contribution in [1.29, 1.82) is 0 Å².